The van der Waals surface area contributed by atoms with Crippen LogP contribution in [-0.4, -0.2) is 40.6 Å². The number of hydrogen-bond donors (Lipinski definition) is 0. The maximum Gasteiger partial charge on any atom is 0.257 e. The molecule has 6 nitrogen and oxygen atoms in total. The lowest BCUT2D eigenvalue weighted by Crippen LogP contribution is -2.28. The zero-order chi connectivity index (χ0) is 18.1. The molecule has 6 heteroatoms. The van der Waals surface area contributed by atoms with E-state index in [1.165, 1.54) is 0 Å². The summed E-state index contributed by atoms with van der Waals surface area (Å²) >= 11 is 0. The number of rotatable bonds is 4. The molecule has 3 aromatic rings. The number of aryl methyl sites for hydroxylation is 1. The smallest absolute Gasteiger partial charge is 0.257 e. The van der Waals surface area contributed by atoms with Gasteiger partial charge in [0.15, 0.2) is 0 Å². The average molecular weight is 351 g/mol. The number of pyridine rings is 1. The molecule has 1 amide bonds. The first-order valence-electron chi connectivity index (χ1n) is 8.72. The highest BCUT2D eigenvalue weighted by atomic mass is 16.5. The highest BCUT2D eigenvalue weighted by Gasteiger charge is 2.24. The van der Waals surface area contributed by atoms with Crippen molar-refractivity contribution < 1.29 is 14.3 Å². The number of ether oxygens (including phenoxy) is 2. The third-order valence-corrected chi connectivity index (χ3v) is 4.75. The molecule has 1 aromatic carbocycles. The maximum atomic E-state index is 12.9. The van der Waals surface area contributed by atoms with E-state index in [2.05, 4.69) is 4.98 Å². The molecule has 1 aliphatic rings. The minimum absolute atomic E-state index is 0.0368. The van der Waals surface area contributed by atoms with Crippen molar-refractivity contribution in [3.63, 3.8) is 0 Å². The van der Waals surface area contributed by atoms with Gasteiger partial charge in [-0.3, -0.25) is 4.79 Å². The SMILES string of the molecule is COc1cccc(Oc2ncc(C(=O)N3CCCC3)c3c2ccn3C)c1. The Balaban J connectivity index is 1.73. The quantitative estimate of drug-likeness (QED) is 0.720. The number of amides is 1. The number of fused-ring (bicyclic) bond motifs is 1. The fourth-order valence-electron chi connectivity index (χ4n) is 3.40. The number of nitrogens with zero attached hydrogens (tertiary/aromatic N) is 3. The van der Waals surface area contributed by atoms with Gasteiger partial charge in [0.1, 0.15) is 11.5 Å². The van der Waals surface area contributed by atoms with Crippen molar-refractivity contribution in [3.8, 4) is 17.4 Å². The molecule has 0 radical (unpaired) electrons. The number of methoxy groups -OCH3 is 1. The third kappa shape index (κ3) is 2.87. The molecule has 2 aromatic heterocycles. The van der Waals surface area contributed by atoms with E-state index in [0.29, 0.717) is 22.9 Å². The van der Waals surface area contributed by atoms with Crippen LogP contribution in [-0.2, 0) is 7.05 Å². The van der Waals surface area contributed by atoms with Gasteiger partial charge in [-0.1, -0.05) is 6.07 Å². The summed E-state index contributed by atoms with van der Waals surface area (Å²) < 4.78 is 13.2. The zero-order valence-corrected chi connectivity index (χ0v) is 14.9. The largest absolute Gasteiger partial charge is 0.497 e. The van der Waals surface area contributed by atoms with Crippen LogP contribution in [0.2, 0.25) is 0 Å². The number of aromatic nitrogens is 2. The van der Waals surface area contributed by atoms with Crippen LogP contribution >= 0.6 is 0 Å². The Morgan fingerprint density at radius 3 is 2.69 bits per heavy atom. The minimum Gasteiger partial charge on any atom is -0.497 e. The van der Waals surface area contributed by atoms with E-state index in [9.17, 15) is 4.79 Å². The van der Waals surface area contributed by atoms with Crippen LogP contribution in [0.15, 0.2) is 42.7 Å². The molecule has 1 saturated heterocycles. The summed E-state index contributed by atoms with van der Waals surface area (Å²) in [7, 11) is 3.55. The van der Waals surface area contributed by atoms with Gasteiger partial charge in [0, 0.05) is 38.6 Å². The standard InChI is InChI=1S/C20H21N3O3/c1-22-11-8-16-18(22)17(20(24)23-9-3-4-10-23)13-21-19(16)26-15-7-5-6-14(12-15)25-2/h5-8,11-13H,3-4,9-10H2,1-2H3. The molecule has 4 rings (SSSR count). The summed E-state index contributed by atoms with van der Waals surface area (Å²) in [6, 6.07) is 9.30. The fourth-order valence-corrected chi connectivity index (χ4v) is 3.40. The van der Waals surface area contributed by atoms with Gasteiger partial charge in [-0.05, 0) is 31.0 Å². The van der Waals surface area contributed by atoms with Crippen LogP contribution in [0.1, 0.15) is 23.2 Å². The normalized spacial score (nSPS) is 14.0. The van der Waals surface area contributed by atoms with E-state index in [1.807, 2.05) is 47.0 Å². The number of hydrogen-bond acceptors (Lipinski definition) is 4. The Labute approximate surface area is 152 Å². The van der Waals surface area contributed by atoms with Crippen LogP contribution < -0.4 is 9.47 Å². The van der Waals surface area contributed by atoms with E-state index >= 15 is 0 Å². The average Bonchev–Trinajstić information content (AvgIpc) is 3.32. The molecule has 0 saturated carbocycles. The Morgan fingerprint density at radius 2 is 1.92 bits per heavy atom. The molecule has 3 heterocycles. The highest BCUT2D eigenvalue weighted by molar-refractivity contribution is 6.06. The van der Waals surface area contributed by atoms with Gasteiger partial charge in [-0.2, -0.15) is 0 Å². The van der Waals surface area contributed by atoms with Crippen molar-refractivity contribution in [3.05, 3.63) is 48.3 Å². The lowest BCUT2D eigenvalue weighted by atomic mass is 10.2. The van der Waals surface area contributed by atoms with Gasteiger partial charge in [0.2, 0.25) is 5.88 Å². The minimum atomic E-state index is 0.0368. The van der Waals surface area contributed by atoms with Crippen molar-refractivity contribution >= 4 is 16.8 Å². The van der Waals surface area contributed by atoms with Crippen molar-refractivity contribution in [2.24, 2.45) is 7.05 Å². The lowest BCUT2D eigenvalue weighted by molar-refractivity contribution is 0.0794. The van der Waals surface area contributed by atoms with Gasteiger partial charge < -0.3 is 18.9 Å². The van der Waals surface area contributed by atoms with Crippen LogP contribution in [0.3, 0.4) is 0 Å². The van der Waals surface area contributed by atoms with Gasteiger partial charge in [0.05, 0.1) is 23.6 Å². The maximum absolute atomic E-state index is 12.9. The molecule has 0 unspecified atom stereocenters. The first kappa shape index (κ1) is 16.4. The van der Waals surface area contributed by atoms with Crippen LogP contribution in [0.4, 0.5) is 0 Å². The van der Waals surface area contributed by atoms with E-state index < -0.39 is 0 Å². The van der Waals surface area contributed by atoms with Gasteiger partial charge in [-0.15, -0.1) is 0 Å². The van der Waals surface area contributed by atoms with E-state index in [1.54, 1.807) is 19.4 Å². The molecule has 134 valence electrons. The zero-order valence-electron chi connectivity index (χ0n) is 14.9. The van der Waals surface area contributed by atoms with Crippen LogP contribution in [0.5, 0.6) is 17.4 Å². The van der Waals surface area contributed by atoms with Gasteiger partial charge >= 0.3 is 0 Å². The molecular weight excluding hydrogens is 330 g/mol. The first-order valence-corrected chi connectivity index (χ1v) is 8.72. The number of carbonyl (C=O) groups excluding carboxylic acids is 1. The summed E-state index contributed by atoms with van der Waals surface area (Å²) in [5.74, 6) is 1.87. The molecule has 0 atom stereocenters. The second-order valence-corrected chi connectivity index (χ2v) is 6.45. The topological polar surface area (TPSA) is 56.6 Å². The summed E-state index contributed by atoms with van der Waals surface area (Å²) in [5, 5.41) is 0.820. The Morgan fingerprint density at radius 1 is 1.15 bits per heavy atom. The summed E-state index contributed by atoms with van der Waals surface area (Å²) in [6.45, 7) is 1.62. The lowest BCUT2D eigenvalue weighted by Gasteiger charge is -2.17. The molecular formula is C20H21N3O3. The van der Waals surface area contributed by atoms with E-state index in [-0.39, 0.29) is 5.91 Å². The molecule has 0 spiro atoms. The Kier molecular flexibility index (Phi) is 4.24. The number of likely N-dealkylation sites (tertiary alicyclic amines) is 1. The molecule has 0 bridgehead atoms. The van der Waals surface area contributed by atoms with Crippen LogP contribution in [0.25, 0.3) is 10.9 Å². The van der Waals surface area contributed by atoms with Crippen molar-refractivity contribution in [1.82, 2.24) is 14.5 Å². The van der Waals surface area contributed by atoms with E-state index in [0.717, 1.165) is 36.8 Å². The summed E-state index contributed by atoms with van der Waals surface area (Å²) in [5.41, 5.74) is 1.46. The van der Waals surface area contributed by atoms with Crippen LogP contribution in [0, 0.1) is 0 Å². The number of carbonyl (C=O) groups is 1. The molecule has 1 aliphatic heterocycles. The monoisotopic (exact) mass is 351 g/mol. The molecule has 1 fully saturated rings. The van der Waals surface area contributed by atoms with Crippen molar-refractivity contribution in [1.29, 1.82) is 0 Å². The highest BCUT2D eigenvalue weighted by Crippen LogP contribution is 2.32. The molecule has 0 aliphatic carbocycles. The van der Waals surface area contributed by atoms with Gasteiger partial charge in [0.25, 0.3) is 5.91 Å². The second kappa shape index (κ2) is 6.71. The second-order valence-electron chi connectivity index (χ2n) is 6.45. The predicted molar refractivity (Wildman–Crippen MR) is 98.9 cm³/mol. The Hall–Kier alpha value is -3.02. The predicted octanol–water partition coefficient (Wildman–Crippen LogP) is 3.61. The number of benzene rings is 1. The third-order valence-electron chi connectivity index (χ3n) is 4.75. The van der Waals surface area contributed by atoms with Crippen molar-refractivity contribution in [2.45, 2.75) is 12.8 Å². The molecule has 26 heavy (non-hydrogen) atoms. The van der Waals surface area contributed by atoms with Crippen molar-refractivity contribution in [2.75, 3.05) is 20.2 Å². The molecule has 0 N–H and O–H groups in total. The van der Waals surface area contributed by atoms with Gasteiger partial charge in [-0.25, -0.2) is 4.98 Å². The fraction of sp³-hybridized carbons (Fsp3) is 0.300. The first-order chi connectivity index (χ1) is 12.7. The summed E-state index contributed by atoms with van der Waals surface area (Å²) in [4.78, 5) is 19.2. The van der Waals surface area contributed by atoms with E-state index in [4.69, 9.17) is 9.47 Å². The summed E-state index contributed by atoms with van der Waals surface area (Å²) in [6.07, 6.45) is 5.67. The Bertz CT molecular complexity index is 958.